The van der Waals surface area contributed by atoms with Crippen molar-refractivity contribution < 1.29 is 18.3 Å². The molecule has 3 aromatic carbocycles. The van der Waals surface area contributed by atoms with Crippen molar-refractivity contribution in [2.24, 2.45) is 0 Å². The lowest BCUT2D eigenvalue weighted by atomic mass is 9.88. The Morgan fingerprint density at radius 1 is 1.04 bits per heavy atom. The lowest BCUT2D eigenvalue weighted by Gasteiger charge is -2.34. The van der Waals surface area contributed by atoms with Gasteiger partial charge >= 0.3 is 0 Å². The average Bonchev–Trinajstić information content (AvgIpc) is 3.62. The molecular formula is C35H38F2IN5O2S. The molecule has 1 aliphatic rings. The zero-order valence-corrected chi connectivity index (χ0v) is 29.5. The summed E-state index contributed by atoms with van der Waals surface area (Å²) in [4.78, 5) is 16.3. The fraction of sp³-hybridized carbons (Fsp3) is 0.314. The van der Waals surface area contributed by atoms with Gasteiger partial charge in [-0.3, -0.25) is 8.77 Å². The lowest BCUT2D eigenvalue weighted by Crippen LogP contribution is -2.38. The molecule has 2 N–H and O–H groups in total. The van der Waals surface area contributed by atoms with Crippen molar-refractivity contribution in [3.63, 3.8) is 0 Å². The van der Waals surface area contributed by atoms with E-state index >= 15 is 4.39 Å². The van der Waals surface area contributed by atoms with Crippen molar-refractivity contribution >= 4 is 52.8 Å². The minimum Gasteiger partial charge on any atom is -0.454 e. The van der Waals surface area contributed by atoms with Gasteiger partial charge in [-0.2, -0.15) is 5.10 Å². The number of benzene rings is 3. The van der Waals surface area contributed by atoms with Crippen LogP contribution in [0, 0.1) is 18.6 Å². The minimum atomic E-state index is -0.457. The van der Waals surface area contributed by atoms with Gasteiger partial charge in [0.05, 0.1) is 23.0 Å². The average molecular weight is 758 g/mol. The molecule has 0 unspecified atom stereocenters. The SMILES string of the molecule is CC.Cc1cc(Oc2ccccc2F)ccc1-n1ncc(C(=O)c2cc3cc(C4CCN(C(C)C)CC4)c(F)cc3n2SI)c1N. The monoisotopic (exact) mass is 757 g/mol. The van der Waals surface area contributed by atoms with Gasteiger partial charge in [0.1, 0.15) is 23.1 Å². The number of piperidine rings is 1. The molecule has 5 aromatic rings. The van der Waals surface area contributed by atoms with Crippen LogP contribution in [0.5, 0.6) is 11.5 Å². The Morgan fingerprint density at radius 3 is 2.41 bits per heavy atom. The number of nitrogens with two attached hydrogens (primary N) is 1. The maximum Gasteiger partial charge on any atom is 0.215 e. The van der Waals surface area contributed by atoms with E-state index in [0.29, 0.717) is 34.3 Å². The van der Waals surface area contributed by atoms with E-state index in [9.17, 15) is 9.18 Å². The van der Waals surface area contributed by atoms with Gasteiger partial charge in [-0.15, -0.1) is 0 Å². The van der Waals surface area contributed by atoms with E-state index in [0.717, 1.165) is 36.9 Å². The summed E-state index contributed by atoms with van der Waals surface area (Å²) in [5.41, 5.74) is 9.91. The smallest absolute Gasteiger partial charge is 0.215 e. The van der Waals surface area contributed by atoms with Crippen LogP contribution in [0.2, 0.25) is 0 Å². The van der Waals surface area contributed by atoms with Gasteiger partial charge in [-0.05, 0) is 112 Å². The number of hydrogen-bond donors (Lipinski definition) is 1. The number of para-hydroxylation sites is 1. The molecule has 3 heterocycles. The van der Waals surface area contributed by atoms with Gasteiger partial charge < -0.3 is 15.4 Å². The maximum atomic E-state index is 15.5. The van der Waals surface area contributed by atoms with Gasteiger partial charge in [0.15, 0.2) is 11.6 Å². The first-order chi connectivity index (χ1) is 22.2. The molecule has 0 saturated carbocycles. The fourth-order valence-electron chi connectivity index (χ4n) is 5.94. The first-order valence-corrected chi connectivity index (χ1v) is 18.8. The Hall–Kier alpha value is -3.42. The predicted molar refractivity (Wildman–Crippen MR) is 192 cm³/mol. The van der Waals surface area contributed by atoms with E-state index in [1.807, 2.05) is 32.9 Å². The van der Waals surface area contributed by atoms with Crippen molar-refractivity contribution in [1.29, 1.82) is 0 Å². The number of nitrogen functional groups attached to an aromatic ring is 1. The molecule has 11 heteroatoms. The summed E-state index contributed by atoms with van der Waals surface area (Å²) in [7, 11) is 1.31. The highest BCUT2D eigenvalue weighted by atomic mass is 127. The van der Waals surface area contributed by atoms with Gasteiger partial charge in [0.2, 0.25) is 5.78 Å². The molecule has 6 rings (SSSR count). The number of anilines is 1. The first kappa shape index (κ1) is 33.9. The molecule has 7 nitrogen and oxygen atoms in total. The van der Waals surface area contributed by atoms with Gasteiger partial charge in [0.25, 0.3) is 0 Å². The number of rotatable bonds is 8. The van der Waals surface area contributed by atoms with Crippen LogP contribution in [0.3, 0.4) is 0 Å². The highest BCUT2D eigenvalue weighted by molar-refractivity contribution is 14.2. The summed E-state index contributed by atoms with van der Waals surface area (Å²) in [6, 6.07) is 17.1. The molecule has 0 amide bonds. The normalized spacial score (nSPS) is 14.0. The second-order valence-electron chi connectivity index (χ2n) is 11.4. The largest absolute Gasteiger partial charge is 0.454 e. The summed E-state index contributed by atoms with van der Waals surface area (Å²) < 4.78 is 38.5. The second-order valence-corrected chi connectivity index (χ2v) is 13.1. The highest BCUT2D eigenvalue weighted by Crippen LogP contribution is 2.37. The first-order valence-electron chi connectivity index (χ1n) is 15.5. The van der Waals surface area contributed by atoms with E-state index in [4.69, 9.17) is 10.5 Å². The van der Waals surface area contributed by atoms with Gasteiger partial charge in [0, 0.05) is 41.8 Å². The summed E-state index contributed by atoms with van der Waals surface area (Å²) in [5, 5.41) is 5.24. The number of aromatic nitrogens is 3. The Labute approximate surface area is 284 Å². The van der Waals surface area contributed by atoms with Crippen molar-refractivity contribution in [3.8, 4) is 17.2 Å². The molecule has 0 spiro atoms. The minimum absolute atomic E-state index is 0.123. The van der Waals surface area contributed by atoms with E-state index < -0.39 is 5.82 Å². The van der Waals surface area contributed by atoms with Gasteiger partial charge in [-0.1, -0.05) is 26.0 Å². The van der Waals surface area contributed by atoms with E-state index in [2.05, 4.69) is 45.1 Å². The Balaban J connectivity index is 0.00000204. The maximum absolute atomic E-state index is 15.5. The van der Waals surface area contributed by atoms with Crippen LogP contribution in [0.4, 0.5) is 14.6 Å². The number of ketones is 1. The third kappa shape index (κ3) is 6.68. The molecule has 0 aliphatic carbocycles. The number of halogens is 3. The molecule has 242 valence electrons. The Bertz CT molecular complexity index is 1860. The predicted octanol–water partition coefficient (Wildman–Crippen LogP) is 9.48. The summed E-state index contributed by atoms with van der Waals surface area (Å²) in [6.45, 7) is 12.1. The molecule has 46 heavy (non-hydrogen) atoms. The highest BCUT2D eigenvalue weighted by Gasteiger charge is 2.27. The molecule has 2 aromatic heterocycles. The van der Waals surface area contributed by atoms with Crippen LogP contribution < -0.4 is 10.5 Å². The van der Waals surface area contributed by atoms with E-state index in [1.54, 1.807) is 46.4 Å². The Kier molecular flexibility index (Phi) is 10.7. The third-order valence-electron chi connectivity index (χ3n) is 8.39. The molecule has 1 fully saturated rings. The van der Waals surface area contributed by atoms with Crippen LogP contribution in [-0.2, 0) is 0 Å². The third-order valence-corrected chi connectivity index (χ3v) is 10.1. The summed E-state index contributed by atoms with van der Waals surface area (Å²) >= 11 is 2.10. The molecule has 0 atom stereocenters. The summed E-state index contributed by atoms with van der Waals surface area (Å²) in [6.07, 6.45) is 3.26. The number of aryl methyl sites for hydroxylation is 1. The zero-order valence-electron chi connectivity index (χ0n) is 26.6. The number of nitrogens with zero attached hydrogens (tertiary/aromatic N) is 4. The van der Waals surface area contributed by atoms with E-state index in [1.165, 1.54) is 26.1 Å². The van der Waals surface area contributed by atoms with Crippen molar-refractivity contribution in [3.05, 3.63) is 101 Å². The van der Waals surface area contributed by atoms with Crippen LogP contribution in [0.25, 0.3) is 16.6 Å². The fourth-order valence-corrected chi connectivity index (χ4v) is 7.66. The number of carbonyl (C=O) groups excluding carboxylic acids is 1. The number of likely N-dealkylation sites (tertiary alicyclic amines) is 1. The quantitative estimate of drug-likeness (QED) is 0.126. The summed E-state index contributed by atoms with van der Waals surface area (Å²) in [5.74, 6) is -0.100. The number of hydrogen-bond acceptors (Lipinski definition) is 6. The van der Waals surface area contributed by atoms with Crippen LogP contribution in [-0.4, -0.2) is 43.6 Å². The number of fused-ring (bicyclic) bond motifs is 1. The standard InChI is InChI=1S/C33H32F2IN5O2S.C2H6/c1-19(2)39-12-10-21(11-13-39)24-15-22-16-30(41(44-36)29(22)17-27(24)35)32(42)25-18-38-40(33(25)37)28-9-8-23(14-20(28)3)43-31-7-5-4-6-26(31)34;1-2/h4-9,14-19,21H,10-13,37H2,1-3H3;1-2H3. The molecule has 1 aliphatic heterocycles. The Morgan fingerprint density at radius 2 is 1.76 bits per heavy atom. The molecular weight excluding hydrogens is 719 g/mol. The second kappa shape index (κ2) is 14.6. The van der Waals surface area contributed by atoms with Crippen molar-refractivity contribution in [2.45, 2.75) is 59.4 Å². The van der Waals surface area contributed by atoms with E-state index in [-0.39, 0.29) is 34.6 Å². The molecule has 0 bridgehead atoms. The van der Waals surface area contributed by atoms with Crippen LogP contribution >= 0.6 is 30.3 Å². The van der Waals surface area contributed by atoms with Crippen LogP contribution in [0.15, 0.2) is 66.9 Å². The van der Waals surface area contributed by atoms with Crippen molar-refractivity contribution in [1.82, 2.24) is 18.7 Å². The van der Waals surface area contributed by atoms with Gasteiger partial charge in [-0.25, -0.2) is 13.5 Å². The zero-order chi connectivity index (χ0) is 33.1. The van der Waals surface area contributed by atoms with Crippen molar-refractivity contribution in [2.75, 3.05) is 18.8 Å². The molecule has 0 radical (unpaired) electrons. The topological polar surface area (TPSA) is 78.3 Å². The lowest BCUT2D eigenvalue weighted by molar-refractivity contribution is 0.103. The van der Waals surface area contributed by atoms with Crippen LogP contribution in [0.1, 0.15) is 73.6 Å². The number of carbonyl (C=O) groups is 1. The number of ether oxygens (including phenoxy) is 1. The molecule has 1 saturated heterocycles.